The minimum absolute atomic E-state index is 0.140. The van der Waals surface area contributed by atoms with Crippen LogP contribution >= 0.6 is 0 Å². The maximum absolute atomic E-state index is 13.3. The predicted octanol–water partition coefficient (Wildman–Crippen LogP) is 5.67. The minimum atomic E-state index is 0.140. The number of rotatable bonds is 0. The van der Waals surface area contributed by atoms with Gasteiger partial charge in [0.15, 0.2) is 0 Å². The molecule has 2 aromatic carbocycles. The van der Waals surface area contributed by atoms with Gasteiger partial charge in [0.1, 0.15) is 5.78 Å². The molecule has 0 radical (unpaired) electrons. The largest absolute Gasteiger partial charge is 0.299 e. The summed E-state index contributed by atoms with van der Waals surface area (Å²) in [6.45, 7) is 2.45. The molecule has 1 saturated carbocycles. The fourth-order valence-electron chi connectivity index (χ4n) is 7.84. The average molecular weight is 340 g/mol. The predicted molar refractivity (Wildman–Crippen MR) is 103 cm³/mol. The van der Waals surface area contributed by atoms with Crippen molar-refractivity contribution in [2.75, 3.05) is 0 Å². The molecule has 5 unspecified atom stereocenters. The van der Waals surface area contributed by atoms with Gasteiger partial charge in [-0.15, -0.1) is 0 Å². The zero-order valence-corrected chi connectivity index (χ0v) is 15.3. The summed E-state index contributed by atoms with van der Waals surface area (Å²) in [5.74, 6) is 2.69. The van der Waals surface area contributed by atoms with Crippen molar-refractivity contribution in [2.24, 2.45) is 17.3 Å². The number of carbonyl (C=O) groups is 1. The van der Waals surface area contributed by atoms with Crippen molar-refractivity contribution in [3.63, 3.8) is 0 Å². The molecule has 8 bridgehead atoms. The summed E-state index contributed by atoms with van der Waals surface area (Å²) < 4.78 is 0. The highest BCUT2D eigenvalue weighted by Crippen LogP contribution is 2.71. The van der Waals surface area contributed by atoms with E-state index < -0.39 is 0 Å². The molecule has 1 heteroatoms. The van der Waals surface area contributed by atoms with Crippen molar-refractivity contribution in [2.45, 2.75) is 57.3 Å². The minimum Gasteiger partial charge on any atom is -0.299 e. The molecule has 5 aliphatic rings. The summed E-state index contributed by atoms with van der Waals surface area (Å²) in [6.07, 6.45) is 6.72. The summed E-state index contributed by atoms with van der Waals surface area (Å²) in [5, 5.41) is 2.71. The third-order valence-electron chi connectivity index (χ3n) is 8.68. The van der Waals surface area contributed by atoms with Crippen molar-refractivity contribution in [1.82, 2.24) is 0 Å². The van der Waals surface area contributed by atoms with Gasteiger partial charge in [-0.3, -0.25) is 4.79 Å². The molecule has 7 rings (SSSR count). The second kappa shape index (κ2) is 4.32. The van der Waals surface area contributed by atoms with E-state index >= 15 is 0 Å². The number of hydrogen-bond acceptors (Lipinski definition) is 1. The van der Waals surface area contributed by atoms with Gasteiger partial charge in [-0.25, -0.2) is 0 Å². The smallest absolute Gasteiger partial charge is 0.141 e. The van der Waals surface area contributed by atoms with E-state index in [-0.39, 0.29) is 11.3 Å². The lowest BCUT2D eigenvalue weighted by Gasteiger charge is -2.41. The van der Waals surface area contributed by atoms with Crippen molar-refractivity contribution < 1.29 is 4.79 Å². The second-order valence-electron chi connectivity index (χ2n) is 9.75. The highest BCUT2D eigenvalue weighted by molar-refractivity contribution is 5.94. The topological polar surface area (TPSA) is 17.1 Å². The number of carbonyl (C=O) groups excluding carboxylic acids is 1. The van der Waals surface area contributed by atoms with Crippen LogP contribution in [0, 0.1) is 17.3 Å². The van der Waals surface area contributed by atoms with E-state index in [1.165, 1.54) is 53.1 Å². The van der Waals surface area contributed by atoms with Crippen LogP contribution in [0.1, 0.15) is 67.6 Å². The Bertz CT molecular complexity index is 1060. The third kappa shape index (κ3) is 1.43. The van der Waals surface area contributed by atoms with Gasteiger partial charge in [0, 0.05) is 17.8 Å². The first-order valence-electron chi connectivity index (χ1n) is 10.5. The summed E-state index contributed by atoms with van der Waals surface area (Å²) in [5.41, 5.74) is 8.03. The Morgan fingerprint density at radius 2 is 2.00 bits per heavy atom. The van der Waals surface area contributed by atoms with E-state index in [1.807, 2.05) is 0 Å². The molecule has 1 fully saturated rings. The maximum atomic E-state index is 13.3. The fraction of sp³-hybridized carbons (Fsp3) is 0.480. The molecule has 0 amide bonds. The third-order valence-corrected chi connectivity index (χ3v) is 8.68. The summed E-state index contributed by atoms with van der Waals surface area (Å²) in [4.78, 5) is 13.3. The SMILES string of the molecule is CC1CC2=C3C4CCC2(C4)C2C(=O)CCc4cc5ccc(cc5cc42)C31. The summed E-state index contributed by atoms with van der Waals surface area (Å²) in [6, 6.07) is 12.0. The Labute approximate surface area is 154 Å². The van der Waals surface area contributed by atoms with Gasteiger partial charge in [0.2, 0.25) is 0 Å². The van der Waals surface area contributed by atoms with Gasteiger partial charge in [0.25, 0.3) is 0 Å². The van der Waals surface area contributed by atoms with Crippen LogP contribution < -0.4 is 0 Å². The Balaban J connectivity index is 1.65. The molecule has 0 heterocycles. The van der Waals surface area contributed by atoms with E-state index in [0.29, 0.717) is 17.6 Å². The van der Waals surface area contributed by atoms with Crippen LogP contribution in [0.25, 0.3) is 10.8 Å². The first-order chi connectivity index (χ1) is 12.7. The molecule has 130 valence electrons. The Morgan fingerprint density at radius 1 is 1.08 bits per heavy atom. The van der Waals surface area contributed by atoms with Gasteiger partial charge < -0.3 is 0 Å². The average Bonchev–Trinajstić information content (AvgIpc) is 3.28. The number of benzene rings is 2. The Hall–Kier alpha value is -1.89. The molecule has 1 nitrogen and oxygen atoms in total. The van der Waals surface area contributed by atoms with E-state index in [9.17, 15) is 4.79 Å². The summed E-state index contributed by atoms with van der Waals surface area (Å²) in [7, 11) is 0. The van der Waals surface area contributed by atoms with Crippen LogP contribution in [0.4, 0.5) is 0 Å². The number of aryl methyl sites for hydroxylation is 1. The van der Waals surface area contributed by atoms with Gasteiger partial charge in [0.05, 0.1) is 5.92 Å². The van der Waals surface area contributed by atoms with Crippen LogP contribution in [0.15, 0.2) is 41.5 Å². The van der Waals surface area contributed by atoms with Crippen LogP contribution in [0.5, 0.6) is 0 Å². The van der Waals surface area contributed by atoms with Crippen molar-refractivity contribution in [1.29, 1.82) is 0 Å². The lowest BCUT2D eigenvalue weighted by atomic mass is 9.61. The molecule has 0 N–H and O–H groups in total. The molecule has 5 atom stereocenters. The molecular weight excluding hydrogens is 316 g/mol. The highest BCUT2D eigenvalue weighted by atomic mass is 16.1. The number of hydrogen-bond donors (Lipinski definition) is 0. The molecular formula is C25H24O. The molecule has 1 spiro atoms. The maximum Gasteiger partial charge on any atom is 0.141 e. The number of fused-ring (bicyclic) bond motifs is 3. The quantitative estimate of drug-likeness (QED) is 0.565. The van der Waals surface area contributed by atoms with Crippen LogP contribution in [0.2, 0.25) is 0 Å². The van der Waals surface area contributed by atoms with Gasteiger partial charge in [-0.2, -0.15) is 0 Å². The van der Waals surface area contributed by atoms with E-state index in [1.54, 1.807) is 11.1 Å². The van der Waals surface area contributed by atoms with E-state index in [2.05, 4.69) is 37.3 Å². The lowest BCUT2D eigenvalue weighted by Crippen LogP contribution is -2.36. The fourth-order valence-corrected chi connectivity index (χ4v) is 7.84. The molecule has 5 aliphatic carbocycles. The normalized spacial score (nSPS) is 38.9. The molecule has 0 aliphatic heterocycles. The second-order valence-corrected chi connectivity index (χ2v) is 9.75. The Morgan fingerprint density at radius 3 is 2.92 bits per heavy atom. The summed E-state index contributed by atoms with van der Waals surface area (Å²) >= 11 is 0. The number of allylic oxidation sites excluding steroid dienone is 2. The monoisotopic (exact) mass is 340 g/mol. The Kier molecular flexibility index (Phi) is 2.36. The molecule has 0 aromatic heterocycles. The van der Waals surface area contributed by atoms with E-state index in [0.717, 1.165) is 18.8 Å². The van der Waals surface area contributed by atoms with Gasteiger partial charge >= 0.3 is 0 Å². The lowest BCUT2D eigenvalue weighted by molar-refractivity contribution is -0.123. The standard InChI is InChI=1S/C25H24O/c1-13-8-20-23-17-6-7-25(20,12-17)24-19-11-18-10-16(22(13)23)3-2-14(18)9-15(19)4-5-21(24)26/h2-3,9-11,13,17,22,24H,4-8,12H2,1H3. The van der Waals surface area contributed by atoms with Gasteiger partial charge in [-0.1, -0.05) is 48.4 Å². The highest BCUT2D eigenvalue weighted by Gasteiger charge is 2.61. The van der Waals surface area contributed by atoms with Crippen molar-refractivity contribution >= 4 is 16.6 Å². The number of Topliss-reactive ketones (excluding diaryl/α,β-unsaturated/α-hetero) is 1. The van der Waals surface area contributed by atoms with Crippen molar-refractivity contribution in [3.8, 4) is 0 Å². The number of ketones is 1. The van der Waals surface area contributed by atoms with Gasteiger partial charge in [-0.05, 0) is 71.4 Å². The molecule has 26 heavy (non-hydrogen) atoms. The van der Waals surface area contributed by atoms with Crippen LogP contribution in [0.3, 0.4) is 0 Å². The first kappa shape index (κ1) is 14.2. The van der Waals surface area contributed by atoms with Crippen molar-refractivity contribution in [3.05, 3.63) is 58.2 Å². The first-order valence-corrected chi connectivity index (χ1v) is 10.5. The van der Waals surface area contributed by atoms with Crippen LogP contribution in [-0.2, 0) is 11.2 Å². The van der Waals surface area contributed by atoms with Crippen LogP contribution in [-0.4, -0.2) is 5.78 Å². The molecule has 0 saturated heterocycles. The molecule has 2 aromatic rings. The van der Waals surface area contributed by atoms with E-state index in [4.69, 9.17) is 0 Å². The zero-order valence-electron chi connectivity index (χ0n) is 15.3. The zero-order chi connectivity index (χ0) is 17.2.